The number of aromatic nitrogens is 2. The van der Waals surface area contributed by atoms with Crippen LogP contribution in [0.5, 0.6) is 11.6 Å². The summed E-state index contributed by atoms with van der Waals surface area (Å²) < 4.78 is 5.81. The van der Waals surface area contributed by atoms with Gasteiger partial charge in [0.15, 0.2) is 0 Å². The number of rotatable bonds is 6. The lowest BCUT2D eigenvalue weighted by molar-refractivity contribution is 0.452. The number of allylic oxidation sites excluding steroid dienone is 1. The van der Waals surface area contributed by atoms with Gasteiger partial charge in [0, 0.05) is 24.2 Å². The highest BCUT2D eigenvalue weighted by atomic mass is 16.5. The fraction of sp³-hybridized carbons (Fsp3) is 0.294. The Labute approximate surface area is 124 Å². The first-order valence-electron chi connectivity index (χ1n) is 7.31. The minimum atomic E-state index is 0.516. The van der Waals surface area contributed by atoms with Gasteiger partial charge in [-0.25, -0.2) is 0 Å². The van der Waals surface area contributed by atoms with Gasteiger partial charge in [0.05, 0.1) is 5.69 Å². The molecule has 1 aliphatic carbocycles. The van der Waals surface area contributed by atoms with E-state index in [0.29, 0.717) is 11.9 Å². The molecule has 1 heterocycles. The van der Waals surface area contributed by atoms with E-state index in [0.717, 1.165) is 23.6 Å². The van der Waals surface area contributed by atoms with E-state index in [9.17, 15) is 0 Å². The van der Waals surface area contributed by atoms with Gasteiger partial charge in [-0.2, -0.15) is 5.10 Å². The van der Waals surface area contributed by atoms with Gasteiger partial charge in [0.2, 0.25) is 5.88 Å². The molecule has 1 aromatic heterocycles. The van der Waals surface area contributed by atoms with Crippen LogP contribution in [0.1, 0.15) is 31.0 Å². The molecule has 108 valence electrons. The molecule has 4 heteroatoms. The van der Waals surface area contributed by atoms with Crippen LogP contribution in [0.2, 0.25) is 0 Å². The molecule has 0 radical (unpaired) electrons. The predicted octanol–water partition coefficient (Wildman–Crippen LogP) is 3.55. The zero-order chi connectivity index (χ0) is 14.5. The van der Waals surface area contributed by atoms with Crippen LogP contribution < -0.4 is 10.1 Å². The number of para-hydroxylation sites is 1. The molecule has 0 spiro atoms. The molecule has 0 aliphatic heterocycles. The largest absolute Gasteiger partial charge is 0.437 e. The molecule has 0 atom stereocenters. The zero-order valence-electron chi connectivity index (χ0n) is 12.1. The van der Waals surface area contributed by atoms with Crippen molar-refractivity contribution in [3.05, 3.63) is 53.7 Å². The highest BCUT2D eigenvalue weighted by Crippen LogP contribution is 2.24. The van der Waals surface area contributed by atoms with Crippen molar-refractivity contribution < 1.29 is 4.74 Å². The first-order chi connectivity index (χ1) is 10.3. The Kier molecular flexibility index (Phi) is 4.26. The van der Waals surface area contributed by atoms with Crippen molar-refractivity contribution in [2.24, 2.45) is 0 Å². The third kappa shape index (κ3) is 3.89. The number of ether oxygens (including phenoxy) is 1. The van der Waals surface area contributed by atoms with Gasteiger partial charge in [0.25, 0.3) is 0 Å². The maximum Gasteiger partial charge on any atom is 0.238 e. The average Bonchev–Trinajstić information content (AvgIpc) is 3.33. The third-order valence-electron chi connectivity index (χ3n) is 3.32. The lowest BCUT2D eigenvalue weighted by Crippen LogP contribution is -2.16. The quantitative estimate of drug-likeness (QED) is 0.879. The zero-order valence-corrected chi connectivity index (χ0v) is 12.1. The first kappa shape index (κ1) is 13.8. The topological polar surface area (TPSA) is 47.0 Å². The Bertz CT molecular complexity index is 618. The maximum atomic E-state index is 5.81. The highest BCUT2D eigenvalue weighted by molar-refractivity contribution is 5.57. The molecule has 0 amide bonds. The second-order valence-corrected chi connectivity index (χ2v) is 5.16. The van der Waals surface area contributed by atoms with Crippen LogP contribution in [0.25, 0.3) is 6.08 Å². The van der Waals surface area contributed by atoms with Gasteiger partial charge < -0.3 is 10.1 Å². The van der Waals surface area contributed by atoms with Crippen molar-refractivity contribution in [2.75, 3.05) is 0 Å². The fourth-order valence-electron chi connectivity index (χ4n) is 2.04. The van der Waals surface area contributed by atoms with Crippen molar-refractivity contribution in [3.63, 3.8) is 0 Å². The third-order valence-corrected chi connectivity index (χ3v) is 3.32. The molecule has 0 saturated heterocycles. The lowest BCUT2D eigenvalue weighted by Gasteiger charge is -2.08. The number of hydrogen-bond donors (Lipinski definition) is 1. The van der Waals surface area contributed by atoms with E-state index in [1.54, 1.807) is 0 Å². The monoisotopic (exact) mass is 281 g/mol. The van der Waals surface area contributed by atoms with Gasteiger partial charge in [0.1, 0.15) is 5.75 Å². The van der Waals surface area contributed by atoms with Gasteiger partial charge in [-0.3, -0.25) is 0 Å². The number of nitrogens with one attached hydrogen (secondary N) is 1. The van der Waals surface area contributed by atoms with Gasteiger partial charge >= 0.3 is 0 Å². The Morgan fingerprint density at radius 2 is 2.05 bits per heavy atom. The summed E-state index contributed by atoms with van der Waals surface area (Å²) in [5, 5.41) is 11.7. The molecule has 1 aliphatic rings. The summed E-state index contributed by atoms with van der Waals surface area (Å²) in [6.45, 7) is 2.76. The standard InChI is InChI=1S/C17H19N3O/c1-2-5-13-6-3-4-7-16(13)21-17-11-10-15(19-20-17)12-18-14-8-9-14/h2-7,10-11,14,18H,8-9,12H2,1H3. The number of hydrogen-bond acceptors (Lipinski definition) is 4. The summed E-state index contributed by atoms with van der Waals surface area (Å²) in [6, 6.07) is 12.4. The molecule has 1 fully saturated rings. The van der Waals surface area contributed by atoms with E-state index in [1.807, 2.05) is 55.5 Å². The molecule has 1 aromatic carbocycles. The molecule has 2 aromatic rings. The number of nitrogens with zero attached hydrogens (tertiary/aromatic N) is 2. The van der Waals surface area contributed by atoms with Crippen molar-refractivity contribution in [2.45, 2.75) is 32.4 Å². The van der Waals surface area contributed by atoms with Crippen LogP contribution in [-0.4, -0.2) is 16.2 Å². The van der Waals surface area contributed by atoms with E-state index in [2.05, 4.69) is 15.5 Å². The van der Waals surface area contributed by atoms with Crippen LogP contribution in [0.4, 0.5) is 0 Å². The Morgan fingerprint density at radius 1 is 1.19 bits per heavy atom. The summed E-state index contributed by atoms with van der Waals surface area (Å²) in [5.74, 6) is 1.30. The highest BCUT2D eigenvalue weighted by Gasteiger charge is 2.20. The van der Waals surface area contributed by atoms with Crippen LogP contribution >= 0.6 is 0 Å². The van der Waals surface area contributed by atoms with Crippen molar-refractivity contribution in [1.29, 1.82) is 0 Å². The summed E-state index contributed by atoms with van der Waals surface area (Å²) >= 11 is 0. The van der Waals surface area contributed by atoms with E-state index in [4.69, 9.17) is 4.74 Å². The summed E-state index contributed by atoms with van der Waals surface area (Å²) in [6.07, 6.45) is 6.55. The van der Waals surface area contributed by atoms with E-state index in [-0.39, 0.29) is 0 Å². The van der Waals surface area contributed by atoms with Crippen molar-refractivity contribution >= 4 is 6.08 Å². The summed E-state index contributed by atoms with van der Waals surface area (Å²) in [4.78, 5) is 0. The molecule has 21 heavy (non-hydrogen) atoms. The Hall–Kier alpha value is -2.20. The SMILES string of the molecule is CC=Cc1ccccc1Oc1ccc(CNC2CC2)nn1. The first-order valence-corrected chi connectivity index (χ1v) is 7.31. The van der Waals surface area contributed by atoms with Crippen LogP contribution in [-0.2, 0) is 6.54 Å². The molecule has 4 nitrogen and oxygen atoms in total. The van der Waals surface area contributed by atoms with E-state index >= 15 is 0 Å². The van der Waals surface area contributed by atoms with Crippen molar-refractivity contribution in [3.8, 4) is 11.6 Å². The molecular weight excluding hydrogens is 262 g/mol. The summed E-state index contributed by atoms with van der Waals surface area (Å²) in [5.41, 5.74) is 1.97. The van der Waals surface area contributed by atoms with Gasteiger partial charge in [-0.05, 0) is 31.9 Å². The molecule has 1 N–H and O–H groups in total. The van der Waals surface area contributed by atoms with Crippen LogP contribution in [0.15, 0.2) is 42.5 Å². The molecule has 0 bridgehead atoms. The van der Waals surface area contributed by atoms with Gasteiger partial charge in [-0.1, -0.05) is 30.4 Å². The lowest BCUT2D eigenvalue weighted by atomic mass is 10.2. The second kappa shape index (κ2) is 6.50. The number of benzene rings is 1. The fourth-order valence-corrected chi connectivity index (χ4v) is 2.04. The smallest absolute Gasteiger partial charge is 0.238 e. The molecule has 3 rings (SSSR count). The van der Waals surface area contributed by atoms with Crippen LogP contribution in [0, 0.1) is 0 Å². The Balaban J connectivity index is 1.66. The minimum absolute atomic E-state index is 0.516. The van der Waals surface area contributed by atoms with E-state index in [1.165, 1.54) is 12.8 Å². The average molecular weight is 281 g/mol. The van der Waals surface area contributed by atoms with E-state index < -0.39 is 0 Å². The molecule has 1 saturated carbocycles. The summed E-state index contributed by atoms with van der Waals surface area (Å²) in [7, 11) is 0. The molecular formula is C17H19N3O. The van der Waals surface area contributed by atoms with Gasteiger partial charge in [-0.15, -0.1) is 5.10 Å². The second-order valence-electron chi connectivity index (χ2n) is 5.16. The maximum absolute atomic E-state index is 5.81. The molecule has 0 unspecified atom stereocenters. The predicted molar refractivity (Wildman–Crippen MR) is 83.1 cm³/mol. The minimum Gasteiger partial charge on any atom is -0.437 e. The van der Waals surface area contributed by atoms with Crippen LogP contribution in [0.3, 0.4) is 0 Å². The van der Waals surface area contributed by atoms with Crippen molar-refractivity contribution in [1.82, 2.24) is 15.5 Å². The Morgan fingerprint density at radius 3 is 2.76 bits per heavy atom. The normalized spacial score (nSPS) is 14.5.